The maximum absolute atomic E-state index is 14.8. The average molecular weight is 1940 g/mol. The Morgan fingerprint density at radius 2 is 0.620 bits per heavy atom. The largest absolute Gasteiger partial charge is 0.496 e. The number of hydrogen-bond acceptors (Lipinski definition) is 14. The highest BCUT2D eigenvalue weighted by Crippen LogP contribution is 2.39. The van der Waals surface area contributed by atoms with Crippen molar-refractivity contribution in [2.24, 2.45) is 0 Å². The molecular formula is C109H79F7N16O8S2. The molecular weight excluding hydrogens is 1860 g/mol. The Balaban J connectivity index is 0.000000118. The van der Waals surface area contributed by atoms with Crippen LogP contribution in [0.1, 0.15) is 53.3 Å². The van der Waals surface area contributed by atoms with Gasteiger partial charge in [-0.15, -0.1) is 0 Å². The van der Waals surface area contributed by atoms with Crippen molar-refractivity contribution in [1.82, 2.24) is 66.9 Å². The summed E-state index contributed by atoms with van der Waals surface area (Å²) < 4.78 is 154. The quantitative estimate of drug-likeness (QED) is 0.0337. The number of nitrogens with zero attached hydrogens (tertiary/aromatic N) is 6. The number of carbonyl (C=O) groups excluding carboxylic acids is 3. The zero-order chi connectivity index (χ0) is 99.0. The van der Waals surface area contributed by atoms with Crippen molar-refractivity contribution in [3.63, 3.8) is 0 Å². The summed E-state index contributed by atoms with van der Waals surface area (Å²) in [5, 5.41) is 63.7. The highest BCUT2D eigenvalue weighted by Gasteiger charge is 2.23. The predicted molar refractivity (Wildman–Crippen MR) is 538 cm³/mol. The lowest BCUT2D eigenvalue weighted by molar-refractivity contribution is 0.0940. The van der Waals surface area contributed by atoms with Crippen LogP contribution in [0.15, 0.2) is 328 Å². The molecule has 3 amide bonds. The molecule has 0 saturated carbocycles. The molecule has 704 valence electrons. The molecule has 0 aliphatic rings. The van der Waals surface area contributed by atoms with Gasteiger partial charge in [0, 0.05) is 97.6 Å². The van der Waals surface area contributed by atoms with Crippen LogP contribution in [0.5, 0.6) is 5.75 Å². The van der Waals surface area contributed by atoms with Crippen LogP contribution < -0.4 is 30.1 Å². The minimum atomic E-state index is -3.54. The molecule has 0 aliphatic carbocycles. The number of amides is 3. The first-order valence-electron chi connectivity index (χ1n) is 43.8. The Hall–Kier alpha value is -18.2. The monoisotopic (exact) mass is 1940 g/mol. The van der Waals surface area contributed by atoms with E-state index in [0.717, 1.165) is 107 Å². The Bertz CT molecular complexity index is 9000. The first-order valence-corrected chi connectivity index (χ1v) is 47.6. The molecule has 5 heterocycles. The van der Waals surface area contributed by atoms with Crippen LogP contribution in [0.3, 0.4) is 0 Å². The second-order valence-corrected chi connectivity index (χ2v) is 36.6. The lowest BCUT2D eigenvalue weighted by Crippen LogP contribution is -2.23. The Labute approximate surface area is 804 Å². The normalized spacial score (nSPS) is 11.3. The summed E-state index contributed by atoms with van der Waals surface area (Å²) >= 11 is 0. The van der Waals surface area contributed by atoms with E-state index in [2.05, 4.69) is 82.4 Å². The van der Waals surface area contributed by atoms with E-state index in [1.165, 1.54) is 73.8 Å². The molecule has 0 spiro atoms. The third kappa shape index (κ3) is 21.3. The van der Waals surface area contributed by atoms with Gasteiger partial charge in [-0.05, 0) is 193 Å². The standard InChI is InChI=1S/C26H17FN4O.C26H20FN3O2.C25H17F2N3O.C18H14FN3O2S.C14H11F2N3O2S/c27-23-12-17(15-29-26(32)21-7-3-4-16(10-21)14-28)11-22-24(30-31-25(22)23)20-9-8-18-5-1-2-6-19(18)13-20;1-32-23-9-5-4-8-20(23)26(31)28-15-16-12-21-24(29-30-25(21)22(27)13-16)19-11-10-17-6-2-3-7-18(17)14-19;26-20-7-3-6-19(13-20)25(31)28-14-15-10-21-23(29-30-24(21)22(27)11-15)18-9-8-16-4-1-2-5-17(16)12-18;1-25(23,24)22-14-9-15-17(20-21-18(15)16(19)10-14)13-7-6-11-4-2-3-5-12(11)8-13;1-22(20,21)19-10-6-11-13(8-3-2-4-9(15)5-8)17-18-14(11)12(16)7-10/h1-13H,15H2,(H,29,32)(H,30,31);2-14H,15H2,1H3,(H,28,31)(H,29,30);1-13H,14H2,(H,28,31)(H,29,30);2-10,22H,1H3,(H,20,21);2-7,19H,1H3,(H,17,18). The minimum absolute atomic E-state index is 0.0540. The molecule has 24 nitrogen and oxygen atoms in total. The first kappa shape index (κ1) is 94.2. The number of halogens is 7. The first-order chi connectivity index (χ1) is 68.6. The summed E-state index contributed by atoms with van der Waals surface area (Å²) in [6.07, 6.45) is 1.99. The molecule has 142 heavy (non-hydrogen) atoms. The van der Waals surface area contributed by atoms with E-state index in [0.29, 0.717) is 88.7 Å². The van der Waals surface area contributed by atoms with Gasteiger partial charge in [0.25, 0.3) is 17.7 Å². The number of para-hydroxylation sites is 1. The van der Waals surface area contributed by atoms with Gasteiger partial charge in [-0.3, -0.25) is 49.3 Å². The molecule has 10 N–H and O–H groups in total. The van der Waals surface area contributed by atoms with Crippen molar-refractivity contribution >= 4 is 147 Å². The van der Waals surface area contributed by atoms with Crippen LogP contribution in [-0.2, 0) is 39.7 Å². The van der Waals surface area contributed by atoms with Crippen LogP contribution >= 0.6 is 0 Å². The molecule has 33 heteroatoms. The van der Waals surface area contributed by atoms with Crippen LogP contribution in [0.4, 0.5) is 42.1 Å². The number of carbonyl (C=O) groups is 3. The third-order valence-corrected chi connectivity index (χ3v) is 24.4. The van der Waals surface area contributed by atoms with E-state index >= 15 is 0 Å². The van der Waals surface area contributed by atoms with E-state index < -0.39 is 66.7 Å². The Kier molecular flexibility index (Phi) is 27.0. The molecule has 0 bridgehead atoms. The number of benzene rings is 17. The molecule has 22 rings (SSSR count). The van der Waals surface area contributed by atoms with Gasteiger partial charge in [0.15, 0.2) is 29.1 Å². The summed E-state index contributed by atoms with van der Waals surface area (Å²) in [5.74, 6) is -4.12. The maximum Gasteiger partial charge on any atom is 0.255 e. The van der Waals surface area contributed by atoms with Crippen molar-refractivity contribution < 1.29 is 66.7 Å². The maximum atomic E-state index is 14.8. The summed E-state index contributed by atoms with van der Waals surface area (Å²) in [5.41, 5.74) is 11.7. The number of methoxy groups -OCH3 is 1. The summed E-state index contributed by atoms with van der Waals surface area (Å²) in [7, 11) is -5.52. The van der Waals surface area contributed by atoms with Gasteiger partial charge in [0.05, 0.1) is 76.7 Å². The lowest BCUT2D eigenvalue weighted by Gasteiger charge is -2.10. The number of ether oxygens (including phenoxy) is 1. The number of fused-ring (bicyclic) bond motifs is 9. The summed E-state index contributed by atoms with van der Waals surface area (Å²) in [6.45, 7) is 0.418. The smallest absolute Gasteiger partial charge is 0.255 e. The zero-order valence-electron chi connectivity index (χ0n) is 75.2. The molecule has 0 atom stereocenters. The Morgan fingerprint density at radius 1 is 0.317 bits per heavy atom. The van der Waals surface area contributed by atoms with Crippen molar-refractivity contribution in [2.45, 2.75) is 19.6 Å². The fourth-order valence-corrected chi connectivity index (χ4v) is 17.7. The predicted octanol–water partition coefficient (Wildman–Crippen LogP) is 23.1. The number of nitriles is 1. The molecule has 17 aromatic carbocycles. The van der Waals surface area contributed by atoms with Gasteiger partial charge in [-0.1, -0.05) is 182 Å². The van der Waals surface area contributed by atoms with Crippen molar-refractivity contribution in [3.8, 4) is 68.1 Å². The van der Waals surface area contributed by atoms with Crippen LogP contribution in [0, 0.1) is 52.1 Å². The van der Waals surface area contributed by atoms with Gasteiger partial charge in [0.2, 0.25) is 20.0 Å². The highest BCUT2D eigenvalue weighted by atomic mass is 32.2. The Morgan fingerprint density at radius 3 is 0.965 bits per heavy atom. The minimum Gasteiger partial charge on any atom is -0.496 e. The number of sulfonamides is 2. The van der Waals surface area contributed by atoms with Gasteiger partial charge >= 0.3 is 0 Å². The second kappa shape index (κ2) is 40.6. The van der Waals surface area contributed by atoms with E-state index in [4.69, 9.17) is 10.00 Å². The molecule has 0 saturated heterocycles. The van der Waals surface area contributed by atoms with Crippen LogP contribution in [-0.4, -0.2) is 105 Å². The molecule has 0 aliphatic heterocycles. The second-order valence-electron chi connectivity index (χ2n) is 33.1. The molecule has 0 unspecified atom stereocenters. The number of rotatable bonds is 19. The van der Waals surface area contributed by atoms with Crippen molar-refractivity contribution in [2.75, 3.05) is 29.1 Å². The fourth-order valence-electron chi connectivity index (χ4n) is 16.6. The number of aromatic amines is 5. The van der Waals surface area contributed by atoms with Crippen LogP contribution in [0.25, 0.3) is 154 Å². The number of nitrogens with one attached hydrogen (secondary N) is 10. The number of aromatic nitrogens is 10. The molecule has 22 aromatic rings. The highest BCUT2D eigenvalue weighted by molar-refractivity contribution is 7.92. The number of anilines is 2. The molecule has 0 radical (unpaired) electrons. The van der Waals surface area contributed by atoms with Crippen molar-refractivity contribution in [1.29, 1.82) is 5.26 Å². The zero-order valence-corrected chi connectivity index (χ0v) is 76.8. The topological polar surface area (TPSA) is 356 Å². The summed E-state index contributed by atoms with van der Waals surface area (Å²) in [6, 6.07) is 97.4. The van der Waals surface area contributed by atoms with Crippen LogP contribution in [0.2, 0.25) is 0 Å². The van der Waals surface area contributed by atoms with Crippen molar-refractivity contribution in [3.05, 3.63) is 407 Å². The van der Waals surface area contributed by atoms with E-state index in [9.17, 15) is 62.0 Å². The SMILES string of the molecule is COc1ccccc1C(=O)NCc1cc(F)c2n[nH]c(-c3ccc4ccccc4c3)c2c1.CS(=O)(=O)Nc1cc(F)c2n[nH]c(-c3ccc4ccccc4c3)c2c1.CS(=O)(=O)Nc1cc(F)c2n[nH]c(-c3cccc(F)c3)c2c1.N#Cc1cccc(C(=O)NCc2cc(F)c3n[nH]c(-c4ccc5ccccc5c4)c3c2)c1.O=C(NCc1cc(F)c2n[nH]c(-c3ccc4ccccc4c3)c2c1)c1cccc(F)c1. The lowest BCUT2D eigenvalue weighted by atomic mass is 10.0. The average Bonchev–Trinajstić information content (AvgIpc) is 1.65. The van der Waals surface area contributed by atoms with E-state index in [-0.39, 0.29) is 76.0 Å². The molecule has 5 aromatic heterocycles. The summed E-state index contributed by atoms with van der Waals surface area (Å²) in [4.78, 5) is 37.4. The van der Waals surface area contributed by atoms with E-state index in [1.807, 2.05) is 182 Å². The molecule has 0 fully saturated rings. The van der Waals surface area contributed by atoms with Gasteiger partial charge in [-0.2, -0.15) is 30.8 Å². The van der Waals surface area contributed by atoms with Gasteiger partial charge < -0.3 is 20.7 Å². The van der Waals surface area contributed by atoms with Gasteiger partial charge in [-0.25, -0.2) is 47.6 Å². The third-order valence-electron chi connectivity index (χ3n) is 23.2. The van der Waals surface area contributed by atoms with E-state index in [1.54, 1.807) is 60.7 Å². The fraction of sp³-hybridized carbons (Fsp3) is 0.0550. The van der Waals surface area contributed by atoms with Gasteiger partial charge in [0.1, 0.15) is 45.0 Å². The number of H-pyrrole nitrogens is 5. The number of hydrogen-bond donors (Lipinski definition) is 10.